The van der Waals surface area contributed by atoms with Crippen LogP contribution in [0.3, 0.4) is 0 Å². The van der Waals surface area contributed by atoms with E-state index < -0.39 is 36.8 Å². The third-order valence-corrected chi connectivity index (χ3v) is 2.41. The first kappa shape index (κ1) is 17.5. The molecule has 0 fully saturated rings. The smallest absolute Gasteiger partial charge is 0.406 e. The molecule has 0 spiro atoms. The highest BCUT2D eigenvalue weighted by Crippen LogP contribution is 2.18. The average Bonchev–Trinajstić information content (AvgIpc) is 2.23. The number of hydrogen-bond donors (Lipinski definition) is 2. The van der Waals surface area contributed by atoms with Crippen molar-refractivity contribution in [2.45, 2.75) is 51.9 Å². The normalized spacial score (nSPS) is 13.2. The van der Waals surface area contributed by atoms with Crippen LogP contribution in [-0.4, -0.2) is 46.8 Å². The van der Waals surface area contributed by atoms with Crippen LogP contribution in [0.4, 0.5) is 18.0 Å². The minimum atomic E-state index is -4.52. The highest BCUT2D eigenvalue weighted by Gasteiger charge is 2.35. The molecule has 0 aliphatic heterocycles. The van der Waals surface area contributed by atoms with Crippen molar-refractivity contribution in [3.63, 3.8) is 0 Å². The number of amides is 2. The van der Waals surface area contributed by atoms with E-state index in [0.29, 0.717) is 11.3 Å². The van der Waals surface area contributed by atoms with E-state index in [1.165, 1.54) is 13.8 Å². The predicted molar refractivity (Wildman–Crippen MR) is 62.8 cm³/mol. The van der Waals surface area contributed by atoms with Crippen LogP contribution < -0.4 is 5.32 Å². The molecule has 0 saturated carbocycles. The van der Waals surface area contributed by atoms with E-state index in [-0.39, 0.29) is 6.42 Å². The summed E-state index contributed by atoms with van der Waals surface area (Å²) in [5.41, 5.74) is 0. The SMILES string of the molecule is CCCC(NC(=O)N(CC(F)(F)F)C(C)C)C(=O)O. The second kappa shape index (κ2) is 7.20. The molecule has 1 atom stereocenters. The van der Waals surface area contributed by atoms with Gasteiger partial charge in [0.05, 0.1) is 0 Å². The molecule has 1 unspecified atom stereocenters. The summed E-state index contributed by atoms with van der Waals surface area (Å²) in [5, 5.41) is 11.0. The number of halogens is 3. The molecule has 0 aromatic carbocycles. The van der Waals surface area contributed by atoms with Gasteiger partial charge in [0.25, 0.3) is 0 Å². The standard InChI is InChI=1S/C11H19F3N2O3/c1-4-5-8(9(17)18)15-10(19)16(7(2)3)6-11(12,13)14/h7-8H,4-6H2,1-3H3,(H,15,19)(H,17,18). The van der Waals surface area contributed by atoms with Gasteiger partial charge in [-0.05, 0) is 20.3 Å². The molecule has 2 N–H and O–H groups in total. The van der Waals surface area contributed by atoms with Gasteiger partial charge < -0.3 is 15.3 Å². The van der Waals surface area contributed by atoms with Crippen molar-refractivity contribution in [1.29, 1.82) is 0 Å². The number of carbonyl (C=O) groups is 2. The van der Waals surface area contributed by atoms with Gasteiger partial charge in [0.2, 0.25) is 0 Å². The molecule has 0 bridgehead atoms. The molecule has 0 aliphatic carbocycles. The Bertz CT molecular complexity index is 319. The zero-order valence-electron chi connectivity index (χ0n) is 11.1. The lowest BCUT2D eigenvalue weighted by molar-refractivity contribution is -0.143. The summed E-state index contributed by atoms with van der Waals surface area (Å²) < 4.78 is 37.0. The summed E-state index contributed by atoms with van der Waals surface area (Å²) >= 11 is 0. The molecule has 0 heterocycles. The number of hydrogen-bond acceptors (Lipinski definition) is 2. The Hall–Kier alpha value is -1.47. The van der Waals surface area contributed by atoms with E-state index in [9.17, 15) is 22.8 Å². The Morgan fingerprint density at radius 2 is 1.84 bits per heavy atom. The highest BCUT2D eigenvalue weighted by molar-refractivity contribution is 5.82. The lowest BCUT2D eigenvalue weighted by atomic mass is 10.2. The number of alkyl halides is 3. The van der Waals surface area contributed by atoms with Crippen LogP contribution in [0, 0.1) is 0 Å². The van der Waals surface area contributed by atoms with Gasteiger partial charge in [0.1, 0.15) is 12.6 Å². The molecular formula is C11H19F3N2O3. The van der Waals surface area contributed by atoms with Crippen molar-refractivity contribution in [3.05, 3.63) is 0 Å². The second-order valence-corrected chi connectivity index (χ2v) is 4.47. The maximum atomic E-state index is 12.3. The molecule has 5 nitrogen and oxygen atoms in total. The zero-order chi connectivity index (χ0) is 15.2. The van der Waals surface area contributed by atoms with Crippen molar-refractivity contribution in [2.24, 2.45) is 0 Å². The number of urea groups is 1. The summed E-state index contributed by atoms with van der Waals surface area (Å²) in [7, 11) is 0. The number of nitrogens with zero attached hydrogens (tertiary/aromatic N) is 1. The number of aliphatic carboxylic acids is 1. The minimum absolute atomic E-state index is 0.166. The van der Waals surface area contributed by atoms with Crippen molar-refractivity contribution < 1.29 is 27.9 Å². The topological polar surface area (TPSA) is 69.6 Å². The van der Waals surface area contributed by atoms with Gasteiger partial charge >= 0.3 is 18.2 Å². The number of carboxylic acid groups (broad SMARTS) is 1. The van der Waals surface area contributed by atoms with Gasteiger partial charge in [-0.25, -0.2) is 9.59 Å². The molecular weight excluding hydrogens is 265 g/mol. The van der Waals surface area contributed by atoms with E-state index in [2.05, 4.69) is 5.32 Å². The Morgan fingerprint density at radius 3 is 2.16 bits per heavy atom. The quantitative estimate of drug-likeness (QED) is 0.785. The molecule has 112 valence electrons. The molecule has 0 radical (unpaired) electrons. The number of carbonyl (C=O) groups excluding carboxylic acids is 1. The Morgan fingerprint density at radius 1 is 1.32 bits per heavy atom. The van der Waals surface area contributed by atoms with Crippen LogP contribution in [0.1, 0.15) is 33.6 Å². The number of nitrogens with one attached hydrogen (secondary N) is 1. The summed E-state index contributed by atoms with van der Waals surface area (Å²) in [6.07, 6.45) is -3.86. The monoisotopic (exact) mass is 284 g/mol. The third kappa shape index (κ3) is 6.88. The first-order valence-electron chi connectivity index (χ1n) is 5.95. The molecule has 0 saturated heterocycles. The van der Waals surface area contributed by atoms with E-state index in [1.54, 1.807) is 6.92 Å². The molecule has 0 rings (SSSR count). The largest absolute Gasteiger partial charge is 0.480 e. The van der Waals surface area contributed by atoms with Crippen LogP contribution in [-0.2, 0) is 4.79 Å². The van der Waals surface area contributed by atoms with Crippen molar-refractivity contribution in [3.8, 4) is 0 Å². The van der Waals surface area contributed by atoms with Gasteiger partial charge in [0, 0.05) is 6.04 Å². The lowest BCUT2D eigenvalue weighted by Gasteiger charge is -2.29. The summed E-state index contributed by atoms with van der Waals surface area (Å²) in [4.78, 5) is 23.1. The fourth-order valence-corrected chi connectivity index (χ4v) is 1.46. The van der Waals surface area contributed by atoms with Crippen LogP contribution >= 0.6 is 0 Å². The minimum Gasteiger partial charge on any atom is -0.480 e. The summed E-state index contributed by atoms with van der Waals surface area (Å²) in [6, 6.07) is -2.88. The number of rotatable bonds is 6. The fourth-order valence-electron chi connectivity index (χ4n) is 1.46. The molecule has 0 aromatic heterocycles. The Kier molecular flexibility index (Phi) is 6.64. The van der Waals surface area contributed by atoms with E-state index in [1.807, 2.05) is 0 Å². The van der Waals surface area contributed by atoms with Gasteiger partial charge in [0.15, 0.2) is 0 Å². The maximum absolute atomic E-state index is 12.3. The predicted octanol–water partition coefficient (Wildman–Crippen LogP) is 2.22. The zero-order valence-corrected chi connectivity index (χ0v) is 11.1. The fraction of sp³-hybridized carbons (Fsp3) is 0.818. The number of carboxylic acids is 1. The van der Waals surface area contributed by atoms with E-state index in [4.69, 9.17) is 5.11 Å². The van der Waals surface area contributed by atoms with E-state index in [0.717, 1.165) is 0 Å². The maximum Gasteiger partial charge on any atom is 0.406 e. The van der Waals surface area contributed by atoms with Gasteiger partial charge in [-0.2, -0.15) is 13.2 Å². The Balaban J connectivity index is 4.76. The van der Waals surface area contributed by atoms with E-state index >= 15 is 0 Å². The first-order chi connectivity index (χ1) is 8.58. The molecule has 0 aliphatic rings. The Labute approximate surface area is 109 Å². The lowest BCUT2D eigenvalue weighted by Crippen LogP contribution is -2.52. The van der Waals surface area contributed by atoms with Crippen molar-refractivity contribution in [1.82, 2.24) is 10.2 Å². The third-order valence-electron chi connectivity index (χ3n) is 2.41. The van der Waals surface area contributed by atoms with Gasteiger partial charge in [-0.3, -0.25) is 0 Å². The molecule has 19 heavy (non-hydrogen) atoms. The average molecular weight is 284 g/mol. The van der Waals surface area contributed by atoms with Crippen LogP contribution in [0.2, 0.25) is 0 Å². The van der Waals surface area contributed by atoms with Crippen molar-refractivity contribution in [2.75, 3.05) is 6.54 Å². The highest BCUT2D eigenvalue weighted by atomic mass is 19.4. The van der Waals surface area contributed by atoms with Crippen molar-refractivity contribution >= 4 is 12.0 Å². The van der Waals surface area contributed by atoms with Gasteiger partial charge in [-0.15, -0.1) is 0 Å². The van der Waals surface area contributed by atoms with Crippen LogP contribution in [0.5, 0.6) is 0 Å². The second-order valence-electron chi connectivity index (χ2n) is 4.47. The van der Waals surface area contributed by atoms with Gasteiger partial charge in [-0.1, -0.05) is 13.3 Å². The summed E-state index contributed by atoms with van der Waals surface area (Å²) in [6.45, 7) is 3.18. The molecule has 2 amide bonds. The van der Waals surface area contributed by atoms with Crippen LogP contribution in [0.15, 0.2) is 0 Å². The summed E-state index contributed by atoms with van der Waals surface area (Å²) in [5.74, 6) is -1.26. The molecule has 8 heteroatoms. The first-order valence-corrected chi connectivity index (χ1v) is 5.95. The van der Waals surface area contributed by atoms with Crippen LogP contribution in [0.25, 0.3) is 0 Å². The molecule has 0 aromatic rings.